The van der Waals surface area contributed by atoms with Gasteiger partial charge in [-0.05, 0) is 28.9 Å². The van der Waals surface area contributed by atoms with E-state index in [1.165, 1.54) is 7.11 Å². The third-order valence-corrected chi connectivity index (χ3v) is 9.60. The fraction of sp³-hybridized carbons (Fsp3) is 0.214. The molecule has 1 N–H and O–H groups in total. The molecule has 0 radical (unpaired) electrons. The average molecular weight is 490 g/mol. The van der Waals surface area contributed by atoms with Crippen LogP contribution in [0.1, 0.15) is 12.5 Å². The van der Waals surface area contributed by atoms with Crippen LogP contribution in [-0.4, -0.2) is 40.1 Å². The van der Waals surface area contributed by atoms with Crippen LogP contribution in [0.4, 0.5) is 4.79 Å². The Bertz CT molecular complexity index is 1050. The minimum Gasteiger partial charge on any atom is -0.467 e. The van der Waals surface area contributed by atoms with Gasteiger partial charge >= 0.3 is 12.1 Å². The Kier molecular flexibility index (Phi) is 9.83. The van der Waals surface area contributed by atoms with Crippen LogP contribution >= 0.6 is 0 Å². The van der Waals surface area contributed by atoms with Gasteiger partial charge in [-0.25, -0.2) is 9.59 Å². The van der Waals surface area contributed by atoms with Crippen LogP contribution in [0.3, 0.4) is 0 Å². The first kappa shape index (κ1) is 25.9. The number of hydrogen-bond acceptors (Lipinski definition) is 5. The van der Waals surface area contributed by atoms with Gasteiger partial charge in [0.25, 0.3) is 8.32 Å². The predicted octanol–water partition coefficient (Wildman–Crippen LogP) is 3.81. The molecule has 0 bridgehead atoms. The van der Waals surface area contributed by atoms with Crippen molar-refractivity contribution in [3.05, 3.63) is 109 Å². The lowest BCUT2D eigenvalue weighted by molar-refractivity contribution is -0.148. The highest BCUT2D eigenvalue weighted by molar-refractivity contribution is 6.97. The quantitative estimate of drug-likeness (QED) is 0.252. The van der Waals surface area contributed by atoms with E-state index in [2.05, 4.69) is 11.4 Å². The molecule has 0 aliphatic heterocycles. The molecule has 0 fully saturated rings. The number of amides is 1. The van der Waals surface area contributed by atoms with E-state index in [9.17, 15) is 9.59 Å². The van der Waals surface area contributed by atoms with Gasteiger partial charge in [0.2, 0.25) is 0 Å². The summed E-state index contributed by atoms with van der Waals surface area (Å²) in [5.41, 5.74) is 0.870. The normalized spacial score (nSPS) is 12.2. The summed E-state index contributed by atoms with van der Waals surface area (Å²) in [5, 5.41) is 4.70. The molecule has 1 amide bonds. The van der Waals surface area contributed by atoms with Crippen LogP contribution in [0.5, 0.6) is 0 Å². The first-order valence-corrected chi connectivity index (χ1v) is 13.6. The summed E-state index contributed by atoms with van der Waals surface area (Å²) < 4.78 is 17.1. The number of ether oxygens (including phenoxy) is 2. The van der Waals surface area contributed by atoms with E-state index in [0.29, 0.717) is 6.04 Å². The van der Waals surface area contributed by atoms with E-state index >= 15 is 0 Å². The van der Waals surface area contributed by atoms with Crippen LogP contribution in [0, 0.1) is 0 Å². The zero-order valence-corrected chi connectivity index (χ0v) is 21.1. The molecule has 6 nitrogen and oxygen atoms in total. The van der Waals surface area contributed by atoms with Gasteiger partial charge in [0, 0.05) is 0 Å². The maximum atomic E-state index is 12.8. The molecule has 0 saturated heterocycles. The number of alkyl carbamates (subject to hydrolysis) is 1. The Labute approximate surface area is 207 Å². The van der Waals surface area contributed by atoms with Gasteiger partial charge in [0.05, 0.1) is 13.7 Å². The molecular formula is C28H31NO5Si. The minimum absolute atomic E-state index is 0.0788. The molecule has 0 aromatic heterocycles. The van der Waals surface area contributed by atoms with Crippen molar-refractivity contribution < 1.29 is 23.5 Å². The first-order chi connectivity index (χ1) is 17.1. The summed E-state index contributed by atoms with van der Waals surface area (Å²) >= 11 is 0. The lowest BCUT2D eigenvalue weighted by Crippen LogP contribution is -2.63. The van der Waals surface area contributed by atoms with Gasteiger partial charge in [0.15, 0.2) is 6.10 Å². The molecule has 1 atom stereocenters. The minimum atomic E-state index is -2.93. The van der Waals surface area contributed by atoms with Gasteiger partial charge in [-0.3, -0.25) is 0 Å². The van der Waals surface area contributed by atoms with Crippen molar-refractivity contribution in [3.63, 3.8) is 0 Å². The van der Waals surface area contributed by atoms with E-state index in [1.54, 1.807) is 0 Å². The number of carbonyl (C=O) groups excluding carboxylic acids is 2. The van der Waals surface area contributed by atoms with Crippen molar-refractivity contribution in [3.8, 4) is 0 Å². The second kappa shape index (κ2) is 13.3. The Hall–Kier alpha value is -3.68. The number of benzene rings is 3. The summed E-state index contributed by atoms with van der Waals surface area (Å²) in [6.07, 6.45) is 2.39. The van der Waals surface area contributed by atoms with Gasteiger partial charge in [-0.1, -0.05) is 103 Å². The number of methoxy groups -OCH3 is 1. The highest BCUT2D eigenvalue weighted by atomic mass is 28.4. The molecular weight excluding hydrogens is 458 g/mol. The molecule has 0 heterocycles. The number of hydrogen-bond donors (Lipinski definition) is 1. The number of allylic oxidation sites excluding steroid dienone is 2. The maximum absolute atomic E-state index is 12.8. The molecule has 0 aliphatic rings. The predicted molar refractivity (Wildman–Crippen MR) is 139 cm³/mol. The van der Waals surface area contributed by atoms with Crippen molar-refractivity contribution in [2.75, 3.05) is 13.7 Å². The number of carbonyl (C=O) groups is 2. The first-order valence-electron chi connectivity index (χ1n) is 11.5. The summed E-state index contributed by atoms with van der Waals surface area (Å²) in [7, 11) is -1.62. The van der Waals surface area contributed by atoms with Crippen LogP contribution in [-0.2, 0) is 25.3 Å². The molecule has 3 rings (SSSR count). The summed E-state index contributed by atoms with van der Waals surface area (Å²) in [6.45, 7) is 2.01. The van der Waals surface area contributed by atoms with Crippen molar-refractivity contribution in [1.29, 1.82) is 0 Å². The number of esters is 1. The lowest BCUT2D eigenvalue weighted by Gasteiger charge is -2.34. The van der Waals surface area contributed by atoms with Gasteiger partial charge in [0.1, 0.15) is 6.61 Å². The monoisotopic (exact) mass is 489 g/mol. The SMILES string of the molecule is C/C=C\C[Si](O[C@@H](CNC(=O)OCc1ccccc1)C(=O)OC)(c1ccccc1)c1ccccc1. The molecule has 0 unspecified atom stereocenters. The number of rotatable bonds is 11. The van der Waals surface area contributed by atoms with E-state index in [4.69, 9.17) is 13.9 Å². The highest BCUT2D eigenvalue weighted by Crippen LogP contribution is 2.18. The third kappa shape index (κ3) is 7.15. The summed E-state index contributed by atoms with van der Waals surface area (Å²) in [6, 6.07) is 29.9. The molecule has 3 aromatic carbocycles. The third-order valence-electron chi connectivity index (χ3n) is 5.57. The molecule has 0 aliphatic carbocycles. The Morgan fingerprint density at radius 2 is 1.43 bits per heavy atom. The topological polar surface area (TPSA) is 73.9 Å². The molecule has 7 heteroatoms. The summed E-state index contributed by atoms with van der Waals surface area (Å²) in [4.78, 5) is 25.2. The molecule has 3 aromatic rings. The van der Waals surface area contributed by atoms with Gasteiger partial charge in [-0.15, -0.1) is 0 Å². The molecule has 182 valence electrons. The van der Waals surface area contributed by atoms with Crippen LogP contribution in [0.2, 0.25) is 6.04 Å². The van der Waals surface area contributed by atoms with E-state index in [-0.39, 0.29) is 13.2 Å². The van der Waals surface area contributed by atoms with Gasteiger partial charge in [-0.2, -0.15) is 0 Å². The zero-order valence-electron chi connectivity index (χ0n) is 20.1. The maximum Gasteiger partial charge on any atom is 0.407 e. The van der Waals surface area contributed by atoms with Crippen molar-refractivity contribution in [1.82, 2.24) is 5.32 Å². The van der Waals surface area contributed by atoms with Crippen LogP contribution in [0.25, 0.3) is 0 Å². The largest absolute Gasteiger partial charge is 0.467 e. The fourth-order valence-corrected chi connectivity index (χ4v) is 7.65. The molecule has 0 spiro atoms. The number of nitrogens with one attached hydrogen (secondary N) is 1. The smallest absolute Gasteiger partial charge is 0.407 e. The molecule has 35 heavy (non-hydrogen) atoms. The fourth-order valence-electron chi connectivity index (χ4n) is 3.78. The lowest BCUT2D eigenvalue weighted by atomic mass is 10.2. The van der Waals surface area contributed by atoms with Crippen molar-refractivity contribution in [2.24, 2.45) is 0 Å². The van der Waals surface area contributed by atoms with Crippen molar-refractivity contribution >= 4 is 30.8 Å². The van der Waals surface area contributed by atoms with Gasteiger partial charge < -0.3 is 19.2 Å². The standard InChI is InChI=1S/C28H31NO5Si/c1-3-4-20-35(24-16-10-6-11-17-24,25-18-12-7-13-19-25)34-26(27(30)32-2)21-29-28(31)33-22-23-14-8-5-9-15-23/h3-19,26H,20-22H2,1-2H3,(H,29,31)/b4-3-/t26-/m0/s1. The van der Waals surface area contributed by atoms with E-state index in [1.807, 2.05) is 104 Å². The zero-order chi connectivity index (χ0) is 24.9. The summed E-state index contributed by atoms with van der Waals surface area (Å²) in [5.74, 6) is -0.558. The second-order valence-corrected chi connectivity index (χ2v) is 11.4. The Morgan fingerprint density at radius 3 is 1.94 bits per heavy atom. The second-order valence-electron chi connectivity index (χ2n) is 7.90. The average Bonchev–Trinajstić information content (AvgIpc) is 2.93. The highest BCUT2D eigenvalue weighted by Gasteiger charge is 2.42. The van der Waals surface area contributed by atoms with Crippen LogP contribution < -0.4 is 15.7 Å². The Balaban J connectivity index is 1.85. The molecule has 0 saturated carbocycles. The van der Waals surface area contributed by atoms with Crippen molar-refractivity contribution in [2.45, 2.75) is 25.7 Å². The van der Waals surface area contributed by atoms with Crippen LogP contribution in [0.15, 0.2) is 103 Å². The Morgan fingerprint density at radius 1 is 0.886 bits per heavy atom. The van der Waals surface area contributed by atoms with E-state index < -0.39 is 26.5 Å². The van der Waals surface area contributed by atoms with E-state index in [0.717, 1.165) is 15.9 Å².